The Kier molecular flexibility index (Phi) is 8.67. The lowest BCUT2D eigenvalue weighted by molar-refractivity contribution is -0.0189. The highest BCUT2D eigenvalue weighted by Crippen LogP contribution is 2.22. The van der Waals surface area contributed by atoms with Gasteiger partial charge in [-0.2, -0.15) is 0 Å². The van der Waals surface area contributed by atoms with Crippen LogP contribution >= 0.6 is 24.0 Å². The maximum Gasteiger partial charge on any atom is 0.338 e. The van der Waals surface area contributed by atoms with Crippen molar-refractivity contribution in [3.8, 4) is 5.75 Å². The van der Waals surface area contributed by atoms with Gasteiger partial charge in [-0.05, 0) is 62.4 Å². The first-order valence-corrected chi connectivity index (χ1v) is 11.2. The second-order valence-electron chi connectivity index (χ2n) is 7.77. The molecule has 2 heterocycles. The molecule has 0 atom stereocenters. The number of carbonyl (C=O) groups excluding carboxylic acids is 1. The van der Waals surface area contributed by atoms with Crippen LogP contribution in [0.3, 0.4) is 0 Å². The van der Waals surface area contributed by atoms with Crippen LogP contribution in [0.25, 0.3) is 12.4 Å². The maximum atomic E-state index is 11.7. The van der Waals surface area contributed by atoms with Gasteiger partial charge in [0, 0.05) is 40.9 Å². The highest BCUT2D eigenvalue weighted by Gasteiger charge is 2.23. The number of hydrogen-bond acceptors (Lipinski definition) is 6. The number of piperidine rings is 1. The number of halogens is 2. The van der Waals surface area contributed by atoms with Gasteiger partial charge < -0.3 is 9.47 Å². The van der Waals surface area contributed by atoms with E-state index in [1.807, 2.05) is 30.5 Å². The van der Waals surface area contributed by atoms with Crippen LogP contribution in [-0.4, -0.2) is 42.4 Å². The van der Waals surface area contributed by atoms with E-state index in [1.54, 1.807) is 19.1 Å². The molecule has 2 aliphatic heterocycles. The fourth-order valence-electron chi connectivity index (χ4n) is 3.95. The first kappa shape index (κ1) is 24.2. The molecule has 1 fully saturated rings. The molecule has 0 aliphatic carbocycles. The van der Waals surface area contributed by atoms with Gasteiger partial charge in [0.15, 0.2) is 0 Å². The van der Waals surface area contributed by atoms with Gasteiger partial charge in [-0.1, -0.05) is 23.7 Å². The fourth-order valence-corrected chi connectivity index (χ4v) is 4.19. The van der Waals surface area contributed by atoms with Crippen LogP contribution in [-0.2, 0) is 4.74 Å². The van der Waals surface area contributed by atoms with Gasteiger partial charge in [0.2, 0.25) is 0 Å². The van der Waals surface area contributed by atoms with E-state index in [2.05, 4.69) is 27.8 Å². The number of rotatable bonds is 7. The topological polar surface area (TPSA) is 54.0 Å². The number of nitrogens with one attached hydrogen (secondary N) is 1. The second-order valence-corrected chi connectivity index (χ2v) is 8.18. The van der Waals surface area contributed by atoms with Gasteiger partial charge in [0.05, 0.1) is 18.8 Å². The molecule has 4 rings (SSSR count). The Labute approximate surface area is 199 Å². The Balaban J connectivity index is 0.00000289. The summed E-state index contributed by atoms with van der Waals surface area (Å²) in [5, 5.41) is 7.30. The normalized spacial score (nSPS) is 16.0. The van der Waals surface area contributed by atoms with Crippen molar-refractivity contribution < 1.29 is 14.3 Å². The van der Waals surface area contributed by atoms with Gasteiger partial charge in [0.1, 0.15) is 5.75 Å². The summed E-state index contributed by atoms with van der Waals surface area (Å²) in [7, 11) is 0. The van der Waals surface area contributed by atoms with Gasteiger partial charge in [0.25, 0.3) is 0 Å². The van der Waals surface area contributed by atoms with Crippen molar-refractivity contribution in [3.05, 3.63) is 63.5 Å². The van der Waals surface area contributed by atoms with Crippen LogP contribution in [0.4, 0.5) is 0 Å². The van der Waals surface area contributed by atoms with E-state index in [0.29, 0.717) is 24.7 Å². The summed E-state index contributed by atoms with van der Waals surface area (Å²) in [6.45, 7) is 4.84. The molecule has 2 aromatic rings. The van der Waals surface area contributed by atoms with Crippen molar-refractivity contribution in [3.63, 3.8) is 0 Å². The van der Waals surface area contributed by atoms with Crippen LogP contribution in [0.2, 0.25) is 5.02 Å². The Morgan fingerprint density at radius 2 is 1.91 bits per heavy atom. The van der Waals surface area contributed by atoms with E-state index < -0.39 is 0 Å². The highest BCUT2D eigenvalue weighted by molar-refractivity contribution is 6.30. The van der Waals surface area contributed by atoms with E-state index in [0.717, 1.165) is 53.6 Å². The molecule has 0 amide bonds. The fraction of sp³-hybridized carbons (Fsp3) is 0.375. The molecule has 1 saturated heterocycles. The predicted molar refractivity (Wildman–Crippen MR) is 129 cm³/mol. The summed E-state index contributed by atoms with van der Waals surface area (Å²) in [5.41, 5.74) is 3.87. The van der Waals surface area contributed by atoms with E-state index >= 15 is 0 Å². The molecule has 1 N–H and O–H groups in total. The van der Waals surface area contributed by atoms with Gasteiger partial charge >= 0.3 is 5.97 Å². The van der Waals surface area contributed by atoms with Crippen molar-refractivity contribution in [1.29, 1.82) is 0 Å². The van der Waals surface area contributed by atoms with Crippen molar-refractivity contribution in [2.24, 2.45) is 5.92 Å². The second kappa shape index (κ2) is 11.5. The molecular formula is C24H29Cl2N3O3. The lowest BCUT2D eigenvalue weighted by Crippen LogP contribution is -2.53. The van der Waals surface area contributed by atoms with E-state index in [1.165, 1.54) is 0 Å². The molecule has 0 radical (unpaired) electrons. The summed E-state index contributed by atoms with van der Waals surface area (Å²) in [4.78, 5) is 11.7. The Hall–Kier alpha value is -2.41. The standard InChI is InChI=1S/C24H28ClN3O3.ClH/c1-2-30-24(29)19-6-8-21(9-7-19)31-15-12-18-10-13-27(14-11-18)28-17-20-4-3-5-23(25)22(20)16-26-28;/h3-9,16-18,26H,2,10-15H2,1H3;1H. The third-order valence-corrected chi connectivity index (χ3v) is 6.07. The quantitative estimate of drug-likeness (QED) is 0.617. The SMILES string of the molecule is CCOC(=O)c1ccc(OCCC2CCN(N3C=c4cccc(Cl)c4=CN3)CC2)cc1.Cl. The number of ether oxygens (including phenoxy) is 2. The number of carbonyl (C=O) groups is 1. The van der Waals surface area contributed by atoms with Crippen molar-refractivity contribution in [2.75, 3.05) is 26.3 Å². The average molecular weight is 478 g/mol. The zero-order valence-electron chi connectivity index (χ0n) is 18.1. The largest absolute Gasteiger partial charge is 0.494 e. The molecule has 2 aromatic carbocycles. The minimum absolute atomic E-state index is 0. The first-order valence-electron chi connectivity index (χ1n) is 10.8. The monoisotopic (exact) mass is 477 g/mol. The number of fused-ring (bicyclic) bond motifs is 1. The summed E-state index contributed by atoms with van der Waals surface area (Å²) in [6.07, 6.45) is 7.34. The zero-order valence-corrected chi connectivity index (χ0v) is 19.7. The Morgan fingerprint density at radius 3 is 2.62 bits per heavy atom. The number of hydrazine groups is 2. The number of hydrogen-bond donors (Lipinski definition) is 1. The number of nitrogens with zero attached hydrogens (tertiary/aromatic N) is 2. The zero-order chi connectivity index (χ0) is 21.6. The van der Waals surface area contributed by atoms with E-state index in [-0.39, 0.29) is 18.4 Å². The van der Waals surface area contributed by atoms with Crippen LogP contribution in [0.5, 0.6) is 5.75 Å². The maximum absolute atomic E-state index is 11.7. The van der Waals surface area contributed by atoms with Gasteiger partial charge in [-0.15, -0.1) is 12.4 Å². The molecule has 32 heavy (non-hydrogen) atoms. The Bertz CT molecular complexity index is 1020. The minimum atomic E-state index is -0.301. The minimum Gasteiger partial charge on any atom is -0.494 e. The summed E-state index contributed by atoms with van der Waals surface area (Å²) >= 11 is 6.27. The molecule has 0 spiro atoms. The van der Waals surface area contributed by atoms with Crippen LogP contribution in [0, 0.1) is 5.92 Å². The number of benzene rings is 2. The molecule has 0 bridgehead atoms. The molecule has 6 nitrogen and oxygen atoms in total. The van der Waals surface area contributed by atoms with Crippen molar-refractivity contribution in [1.82, 2.24) is 15.6 Å². The third-order valence-electron chi connectivity index (χ3n) is 5.75. The van der Waals surface area contributed by atoms with E-state index in [4.69, 9.17) is 21.1 Å². The Morgan fingerprint density at radius 1 is 1.16 bits per heavy atom. The molecule has 172 valence electrons. The molecule has 0 unspecified atom stereocenters. The van der Waals surface area contributed by atoms with Crippen LogP contribution < -0.4 is 20.6 Å². The van der Waals surface area contributed by atoms with Crippen LogP contribution in [0.1, 0.15) is 36.5 Å². The molecule has 0 aromatic heterocycles. The highest BCUT2D eigenvalue weighted by atomic mass is 35.5. The summed E-state index contributed by atoms with van der Waals surface area (Å²) in [6, 6.07) is 13.1. The van der Waals surface area contributed by atoms with Crippen LogP contribution in [0.15, 0.2) is 42.5 Å². The van der Waals surface area contributed by atoms with E-state index in [9.17, 15) is 4.79 Å². The average Bonchev–Trinajstić information content (AvgIpc) is 2.80. The molecule has 0 saturated carbocycles. The first-order chi connectivity index (χ1) is 15.1. The lowest BCUT2D eigenvalue weighted by atomic mass is 9.95. The van der Waals surface area contributed by atoms with Crippen molar-refractivity contribution in [2.45, 2.75) is 26.2 Å². The summed E-state index contributed by atoms with van der Waals surface area (Å²) in [5.74, 6) is 1.13. The van der Waals surface area contributed by atoms with Crippen molar-refractivity contribution >= 4 is 42.4 Å². The molecular weight excluding hydrogens is 449 g/mol. The smallest absolute Gasteiger partial charge is 0.338 e. The van der Waals surface area contributed by atoms with Gasteiger partial charge in [-0.3, -0.25) is 5.43 Å². The molecule has 8 heteroatoms. The predicted octanol–water partition coefficient (Wildman–Crippen LogP) is 3.33. The summed E-state index contributed by atoms with van der Waals surface area (Å²) < 4.78 is 10.9. The lowest BCUT2D eigenvalue weighted by Gasteiger charge is -2.39. The number of esters is 1. The molecule has 2 aliphatic rings. The third kappa shape index (κ3) is 5.88. The van der Waals surface area contributed by atoms with Gasteiger partial charge in [-0.25, -0.2) is 14.9 Å².